The fourth-order valence-corrected chi connectivity index (χ4v) is 2.09. The predicted octanol–water partition coefficient (Wildman–Crippen LogP) is 2.92. The van der Waals surface area contributed by atoms with Crippen LogP contribution in [0.1, 0.15) is 17.0 Å². The third-order valence-electron chi connectivity index (χ3n) is 3.20. The standard InChI is InChI=1S/C14H11F3N4/c15-14(16,17)10-5-6-12-19-20-13(21(12)8-10)7-9-3-1-2-4-11(9)18/h1-6,8H,7,18H2. The molecule has 0 radical (unpaired) electrons. The van der Waals surface area contributed by atoms with Crippen LogP contribution in [-0.2, 0) is 12.6 Å². The quantitative estimate of drug-likeness (QED) is 0.739. The molecule has 2 aromatic heterocycles. The van der Waals surface area contributed by atoms with E-state index in [9.17, 15) is 13.2 Å². The molecule has 4 nitrogen and oxygen atoms in total. The number of fused-ring (bicyclic) bond motifs is 1. The van der Waals surface area contributed by atoms with E-state index in [1.54, 1.807) is 12.1 Å². The van der Waals surface area contributed by atoms with E-state index in [0.717, 1.165) is 17.8 Å². The first-order chi connectivity index (χ1) is 9.95. The second kappa shape index (κ2) is 4.76. The van der Waals surface area contributed by atoms with Gasteiger partial charge in [0.25, 0.3) is 0 Å². The molecule has 0 bridgehead atoms. The summed E-state index contributed by atoms with van der Waals surface area (Å²) in [5.74, 6) is 0.411. The molecular formula is C14H11F3N4. The molecule has 0 saturated heterocycles. The van der Waals surface area contributed by atoms with Crippen LogP contribution in [0.15, 0.2) is 42.6 Å². The number of pyridine rings is 1. The number of hydrogen-bond acceptors (Lipinski definition) is 3. The SMILES string of the molecule is Nc1ccccc1Cc1nnc2ccc(C(F)(F)F)cn12. The zero-order valence-corrected chi connectivity index (χ0v) is 10.8. The molecule has 0 fully saturated rings. The van der Waals surface area contributed by atoms with Crippen LogP contribution < -0.4 is 5.73 Å². The number of anilines is 1. The summed E-state index contributed by atoms with van der Waals surface area (Å²) >= 11 is 0. The Morgan fingerprint density at radius 2 is 1.81 bits per heavy atom. The number of nitrogens with zero attached hydrogens (tertiary/aromatic N) is 3. The Morgan fingerprint density at radius 3 is 2.52 bits per heavy atom. The first kappa shape index (κ1) is 13.4. The van der Waals surface area contributed by atoms with Gasteiger partial charge in [-0.2, -0.15) is 13.2 Å². The third-order valence-corrected chi connectivity index (χ3v) is 3.20. The maximum Gasteiger partial charge on any atom is 0.417 e. The molecule has 2 N–H and O–H groups in total. The van der Waals surface area contributed by atoms with Gasteiger partial charge in [0.1, 0.15) is 5.82 Å². The molecule has 7 heteroatoms. The first-order valence-corrected chi connectivity index (χ1v) is 6.19. The van der Waals surface area contributed by atoms with Gasteiger partial charge in [-0.15, -0.1) is 10.2 Å². The average Bonchev–Trinajstić information content (AvgIpc) is 2.83. The molecule has 0 aliphatic rings. The normalized spacial score (nSPS) is 12.0. The number of nitrogen functional groups attached to an aromatic ring is 1. The molecule has 0 aliphatic carbocycles. The molecule has 0 unspecified atom stereocenters. The lowest BCUT2D eigenvalue weighted by atomic mass is 10.1. The molecule has 3 aromatic rings. The maximum absolute atomic E-state index is 12.8. The van der Waals surface area contributed by atoms with Crippen LogP contribution in [0.25, 0.3) is 5.65 Å². The second-order valence-electron chi connectivity index (χ2n) is 4.64. The van der Waals surface area contributed by atoms with Gasteiger partial charge in [0.05, 0.1) is 5.56 Å². The van der Waals surface area contributed by atoms with E-state index < -0.39 is 11.7 Å². The van der Waals surface area contributed by atoms with Gasteiger partial charge in [0, 0.05) is 18.3 Å². The summed E-state index contributed by atoms with van der Waals surface area (Å²) in [6.45, 7) is 0. The number of nitrogens with two attached hydrogens (primary N) is 1. The van der Waals surface area contributed by atoms with E-state index in [4.69, 9.17) is 5.73 Å². The number of para-hydroxylation sites is 1. The molecule has 21 heavy (non-hydrogen) atoms. The Kier molecular flexibility index (Phi) is 3.04. The summed E-state index contributed by atoms with van der Waals surface area (Å²) < 4.78 is 39.7. The van der Waals surface area contributed by atoms with E-state index in [1.165, 1.54) is 10.5 Å². The van der Waals surface area contributed by atoms with Crippen molar-refractivity contribution in [2.75, 3.05) is 5.73 Å². The van der Waals surface area contributed by atoms with E-state index in [-0.39, 0.29) is 0 Å². The lowest BCUT2D eigenvalue weighted by Gasteiger charge is -2.08. The summed E-state index contributed by atoms with van der Waals surface area (Å²) in [7, 11) is 0. The van der Waals surface area contributed by atoms with Crippen molar-refractivity contribution < 1.29 is 13.2 Å². The maximum atomic E-state index is 12.8. The minimum atomic E-state index is -4.40. The van der Waals surface area contributed by atoms with Gasteiger partial charge >= 0.3 is 6.18 Å². The highest BCUT2D eigenvalue weighted by Crippen LogP contribution is 2.29. The van der Waals surface area contributed by atoms with Crippen molar-refractivity contribution >= 4 is 11.3 Å². The highest BCUT2D eigenvalue weighted by atomic mass is 19.4. The van der Waals surface area contributed by atoms with Crippen molar-refractivity contribution in [1.29, 1.82) is 0 Å². The monoisotopic (exact) mass is 292 g/mol. The van der Waals surface area contributed by atoms with Crippen LogP contribution in [0.3, 0.4) is 0 Å². The first-order valence-electron chi connectivity index (χ1n) is 6.19. The summed E-state index contributed by atoms with van der Waals surface area (Å²) in [4.78, 5) is 0. The molecule has 3 rings (SSSR count). The molecule has 0 atom stereocenters. The molecule has 108 valence electrons. The van der Waals surface area contributed by atoms with Crippen molar-refractivity contribution in [3.05, 3.63) is 59.5 Å². The lowest BCUT2D eigenvalue weighted by Crippen LogP contribution is -2.07. The molecule has 0 amide bonds. The summed E-state index contributed by atoms with van der Waals surface area (Å²) in [6, 6.07) is 9.45. The van der Waals surface area contributed by atoms with Crippen molar-refractivity contribution in [2.45, 2.75) is 12.6 Å². The molecular weight excluding hydrogens is 281 g/mol. The van der Waals surface area contributed by atoms with Crippen LogP contribution in [0.4, 0.5) is 18.9 Å². The van der Waals surface area contributed by atoms with Gasteiger partial charge in [-0.25, -0.2) is 0 Å². The lowest BCUT2D eigenvalue weighted by molar-refractivity contribution is -0.137. The van der Waals surface area contributed by atoms with Crippen LogP contribution in [0, 0.1) is 0 Å². The highest BCUT2D eigenvalue weighted by Gasteiger charge is 2.31. The minimum absolute atomic E-state index is 0.315. The fraction of sp³-hybridized carbons (Fsp3) is 0.143. The topological polar surface area (TPSA) is 56.2 Å². The molecule has 1 aromatic carbocycles. The van der Waals surface area contributed by atoms with E-state index in [1.807, 2.05) is 12.1 Å². The van der Waals surface area contributed by atoms with Crippen molar-refractivity contribution in [1.82, 2.24) is 14.6 Å². The average molecular weight is 292 g/mol. The molecule has 2 heterocycles. The Labute approximate surface area is 118 Å². The summed E-state index contributed by atoms with van der Waals surface area (Å²) in [5.41, 5.74) is 6.84. The Bertz CT molecular complexity index is 792. The van der Waals surface area contributed by atoms with Crippen molar-refractivity contribution in [2.24, 2.45) is 0 Å². The van der Waals surface area contributed by atoms with Crippen LogP contribution >= 0.6 is 0 Å². The van der Waals surface area contributed by atoms with Gasteiger partial charge in [0.15, 0.2) is 5.65 Å². The zero-order valence-electron chi connectivity index (χ0n) is 10.8. The highest BCUT2D eigenvalue weighted by molar-refractivity contribution is 5.48. The van der Waals surface area contributed by atoms with E-state index in [0.29, 0.717) is 23.6 Å². The van der Waals surface area contributed by atoms with Crippen LogP contribution in [0.2, 0.25) is 0 Å². The number of aromatic nitrogens is 3. The number of halogens is 3. The minimum Gasteiger partial charge on any atom is -0.398 e. The predicted molar refractivity (Wildman–Crippen MR) is 71.6 cm³/mol. The Morgan fingerprint density at radius 1 is 1.05 bits per heavy atom. The van der Waals surface area contributed by atoms with Crippen molar-refractivity contribution in [3.8, 4) is 0 Å². The number of hydrogen-bond donors (Lipinski definition) is 1. The van der Waals surface area contributed by atoms with Gasteiger partial charge < -0.3 is 5.73 Å². The molecule has 0 spiro atoms. The van der Waals surface area contributed by atoms with Gasteiger partial charge in [0.2, 0.25) is 0 Å². The largest absolute Gasteiger partial charge is 0.417 e. The van der Waals surface area contributed by atoms with Gasteiger partial charge in [-0.3, -0.25) is 4.40 Å². The third kappa shape index (κ3) is 2.54. The van der Waals surface area contributed by atoms with Gasteiger partial charge in [-0.05, 0) is 23.8 Å². The molecule has 0 aliphatic heterocycles. The summed E-state index contributed by atoms with van der Waals surface area (Å²) in [6.07, 6.45) is -3.08. The zero-order chi connectivity index (χ0) is 15.0. The number of benzene rings is 1. The fourth-order valence-electron chi connectivity index (χ4n) is 2.09. The molecule has 0 saturated carbocycles. The summed E-state index contributed by atoms with van der Waals surface area (Å²) in [5, 5.41) is 7.82. The van der Waals surface area contributed by atoms with Crippen LogP contribution in [-0.4, -0.2) is 14.6 Å². The van der Waals surface area contributed by atoms with E-state index >= 15 is 0 Å². The Hall–Kier alpha value is -2.57. The van der Waals surface area contributed by atoms with Crippen molar-refractivity contribution in [3.63, 3.8) is 0 Å². The Balaban J connectivity index is 2.05. The van der Waals surface area contributed by atoms with E-state index in [2.05, 4.69) is 10.2 Å². The number of alkyl halides is 3. The van der Waals surface area contributed by atoms with Crippen LogP contribution in [0.5, 0.6) is 0 Å². The number of rotatable bonds is 2. The van der Waals surface area contributed by atoms with Gasteiger partial charge in [-0.1, -0.05) is 18.2 Å². The second-order valence-corrected chi connectivity index (χ2v) is 4.64. The smallest absolute Gasteiger partial charge is 0.398 e.